The van der Waals surface area contributed by atoms with Crippen molar-refractivity contribution in [1.82, 2.24) is 4.98 Å². The van der Waals surface area contributed by atoms with Crippen LogP contribution in [0.4, 0.5) is 0 Å². The average Bonchev–Trinajstić information content (AvgIpc) is 2.78. The molecule has 4 aromatic rings. The van der Waals surface area contributed by atoms with Gasteiger partial charge < -0.3 is 18.9 Å². The van der Waals surface area contributed by atoms with E-state index in [-0.39, 0.29) is 13.1 Å². The van der Waals surface area contributed by atoms with Gasteiger partial charge in [-0.15, -0.1) is 0 Å². The highest BCUT2D eigenvalue weighted by Gasteiger charge is 2.19. The van der Waals surface area contributed by atoms with Crippen LogP contribution in [0.2, 0.25) is 0 Å². The number of hydrogen-bond donors (Lipinski definition) is 0. The maximum Gasteiger partial charge on any atom is 0.344 e. The summed E-state index contributed by atoms with van der Waals surface area (Å²) in [5, 5.41) is 1.36. The van der Waals surface area contributed by atoms with Crippen molar-refractivity contribution in [2.24, 2.45) is 0 Å². The van der Waals surface area contributed by atoms with Gasteiger partial charge in [-0.05, 0) is 43.3 Å². The normalized spacial score (nSPS) is 12.1. The quantitative estimate of drug-likeness (QED) is 0.188. The molecule has 0 bridgehead atoms. The van der Waals surface area contributed by atoms with Crippen LogP contribution in [0, 0.1) is 0 Å². The first-order valence-corrected chi connectivity index (χ1v) is 9.52. The van der Waals surface area contributed by atoms with Gasteiger partial charge in [0.05, 0.1) is 16.6 Å². The third-order valence-electron chi connectivity index (χ3n) is 4.67. The molecule has 152 valence electrons. The van der Waals surface area contributed by atoms with E-state index in [0.29, 0.717) is 33.4 Å². The molecule has 6 nitrogen and oxygen atoms in total. The number of benzene rings is 3. The van der Waals surface area contributed by atoms with Gasteiger partial charge >= 0.3 is 5.97 Å². The van der Waals surface area contributed by atoms with Crippen LogP contribution < -0.4 is 9.47 Å². The second kappa shape index (κ2) is 8.90. The summed E-state index contributed by atoms with van der Waals surface area (Å²) in [7, 11) is 1.56. The molecule has 6 heteroatoms. The second-order valence-electron chi connectivity index (χ2n) is 6.62. The van der Waals surface area contributed by atoms with Crippen molar-refractivity contribution in [3.8, 4) is 11.5 Å². The zero-order chi connectivity index (χ0) is 20.9. The van der Waals surface area contributed by atoms with Crippen LogP contribution in [0.1, 0.15) is 17.3 Å². The predicted molar refractivity (Wildman–Crippen MR) is 114 cm³/mol. The first kappa shape index (κ1) is 19.8. The number of para-hydroxylation sites is 2. The maximum absolute atomic E-state index is 13.2. The van der Waals surface area contributed by atoms with E-state index in [2.05, 4.69) is 4.98 Å². The van der Waals surface area contributed by atoms with Crippen LogP contribution in [0.3, 0.4) is 0 Å². The standard InChI is InChI=1S/C24H21NO5/c1-16(27-2)28-15-29-18-12-13-22-20(14-18)23(19-10-6-7-11-21(19)25-22)24(26)30-17-8-4-3-5-9-17/h3-14,16H,15H2,1-2H3. The van der Waals surface area contributed by atoms with Crippen LogP contribution in [0.5, 0.6) is 11.5 Å². The molecule has 1 atom stereocenters. The molecule has 30 heavy (non-hydrogen) atoms. The number of esters is 1. The van der Waals surface area contributed by atoms with Crippen LogP contribution in [0.15, 0.2) is 72.8 Å². The predicted octanol–water partition coefficient (Wildman–Crippen LogP) is 4.95. The molecule has 0 aliphatic heterocycles. The number of nitrogens with zero attached hydrogens (tertiary/aromatic N) is 1. The van der Waals surface area contributed by atoms with Gasteiger partial charge in [0.2, 0.25) is 0 Å². The molecule has 0 radical (unpaired) electrons. The van der Waals surface area contributed by atoms with Crippen molar-refractivity contribution >= 4 is 27.8 Å². The lowest BCUT2D eigenvalue weighted by atomic mass is 10.0. The number of methoxy groups -OCH3 is 1. The number of rotatable bonds is 7. The second-order valence-corrected chi connectivity index (χ2v) is 6.62. The fraction of sp³-hybridized carbons (Fsp3) is 0.167. The van der Waals surface area contributed by atoms with Gasteiger partial charge in [0, 0.05) is 17.9 Å². The lowest BCUT2D eigenvalue weighted by Crippen LogP contribution is -2.14. The van der Waals surface area contributed by atoms with E-state index in [1.807, 2.05) is 48.5 Å². The van der Waals surface area contributed by atoms with Gasteiger partial charge in [0.1, 0.15) is 11.5 Å². The van der Waals surface area contributed by atoms with Crippen LogP contribution in [-0.2, 0) is 9.47 Å². The first-order valence-electron chi connectivity index (χ1n) is 9.52. The Morgan fingerprint density at radius 3 is 2.43 bits per heavy atom. The third kappa shape index (κ3) is 4.25. The summed E-state index contributed by atoms with van der Waals surface area (Å²) in [6, 6.07) is 21.9. The van der Waals surface area contributed by atoms with Crippen molar-refractivity contribution in [3.63, 3.8) is 0 Å². The molecule has 0 saturated heterocycles. The van der Waals surface area contributed by atoms with E-state index in [1.165, 1.54) is 0 Å². The summed E-state index contributed by atoms with van der Waals surface area (Å²) in [4.78, 5) is 17.8. The zero-order valence-electron chi connectivity index (χ0n) is 16.7. The van der Waals surface area contributed by atoms with E-state index in [4.69, 9.17) is 18.9 Å². The molecule has 0 spiro atoms. The molecule has 4 rings (SSSR count). The molecule has 0 aliphatic carbocycles. The number of ether oxygens (including phenoxy) is 4. The maximum atomic E-state index is 13.2. The van der Waals surface area contributed by atoms with Crippen molar-refractivity contribution in [3.05, 3.63) is 78.4 Å². The Labute approximate surface area is 174 Å². The molecule has 0 fully saturated rings. The summed E-state index contributed by atoms with van der Waals surface area (Å²) in [5.74, 6) is 0.578. The fourth-order valence-electron chi connectivity index (χ4n) is 3.09. The van der Waals surface area contributed by atoms with Crippen molar-refractivity contribution < 1.29 is 23.7 Å². The number of pyridine rings is 1. The van der Waals surface area contributed by atoms with Crippen molar-refractivity contribution in [1.29, 1.82) is 0 Å². The first-order chi connectivity index (χ1) is 14.7. The van der Waals surface area contributed by atoms with E-state index in [0.717, 1.165) is 5.52 Å². The van der Waals surface area contributed by atoms with E-state index in [1.54, 1.807) is 38.3 Å². The van der Waals surface area contributed by atoms with E-state index >= 15 is 0 Å². The Bertz CT molecular complexity index is 1180. The Hall–Kier alpha value is -3.48. The summed E-state index contributed by atoms with van der Waals surface area (Å²) >= 11 is 0. The minimum atomic E-state index is -0.453. The molecule has 1 unspecified atom stereocenters. The summed E-state index contributed by atoms with van der Waals surface area (Å²) in [6.07, 6.45) is -0.382. The average molecular weight is 403 g/mol. The smallest absolute Gasteiger partial charge is 0.344 e. The van der Waals surface area contributed by atoms with Crippen molar-refractivity contribution in [2.75, 3.05) is 13.9 Å². The highest BCUT2D eigenvalue weighted by molar-refractivity contribution is 6.15. The summed E-state index contributed by atoms with van der Waals surface area (Å²) in [5.41, 5.74) is 1.83. The van der Waals surface area contributed by atoms with E-state index < -0.39 is 5.97 Å². The van der Waals surface area contributed by atoms with Gasteiger partial charge in [-0.2, -0.15) is 0 Å². The number of carbonyl (C=O) groups excluding carboxylic acids is 1. The topological polar surface area (TPSA) is 66.9 Å². The van der Waals surface area contributed by atoms with Gasteiger partial charge in [0.25, 0.3) is 0 Å². The van der Waals surface area contributed by atoms with Crippen LogP contribution in [0.25, 0.3) is 21.8 Å². The lowest BCUT2D eigenvalue weighted by Gasteiger charge is -2.14. The molecule has 1 heterocycles. The minimum Gasteiger partial charge on any atom is -0.467 e. The molecule has 0 N–H and O–H groups in total. The van der Waals surface area contributed by atoms with Crippen molar-refractivity contribution in [2.45, 2.75) is 13.2 Å². The largest absolute Gasteiger partial charge is 0.467 e. The van der Waals surface area contributed by atoms with Crippen LogP contribution >= 0.6 is 0 Å². The summed E-state index contributed by atoms with van der Waals surface area (Å²) in [6.45, 7) is 1.79. The Balaban J connectivity index is 1.75. The van der Waals surface area contributed by atoms with Gasteiger partial charge in [-0.3, -0.25) is 0 Å². The van der Waals surface area contributed by atoms with Gasteiger partial charge in [0.15, 0.2) is 13.1 Å². The monoisotopic (exact) mass is 403 g/mol. The number of aromatic nitrogens is 1. The highest BCUT2D eigenvalue weighted by Crippen LogP contribution is 2.30. The SMILES string of the molecule is COC(C)OCOc1ccc2nc3ccccc3c(C(=O)Oc3ccccc3)c2c1. The third-order valence-corrected chi connectivity index (χ3v) is 4.67. The number of hydrogen-bond acceptors (Lipinski definition) is 6. The lowest BCUT2D eigenvalue weighted by molar-refractivity contribution is -0.149. The summed E-state index contributed by atoms with van der Waals surface area (Å²) < 4.78 is 21.7. The molecule has 1 aromatic heterocycles. The molecule has 0 amide bonds. The molecule has 3 aromatic carbocycles. The van der Waals surface area contributed by atoms with Gasteiger partial charge in [-0.1, -0.05) is 36.4 Å². The van der Waals surface area contributed by atoms with Gasteiger partial charge in [-0.25, -0.2) is 9.78 Å². The zero-order valence-corrected chi connectivity index (χ0v) is 16.7. The Morgan fingerprint density at radius 2 is 1.63 bits per heavy atom. The number of fused-ring (bicyclic) bond motifs is 2. The van der Waals surface area contributed by atoms with Crippen LogP contribution in [-0.4, -0.2) is 31.1 Å². The molecule has 0 aliphatic rings. The fourth-order valence-corrected chi connectivity index (χ4v) is 3.09. The Morgan fingerprint density at radius 1 is 0.900 bits per heavy atom. The highest BCUT2D eigenvalue weighted by atomic mass is 16.7. The number of carbonyl (C=O) groups is 1. The minimum absolute atomic E-state index is 0.0192. The Kier molecular flexibility index (Phi) is 5.88. The van der Waals surface area contributed by atoms with E-state index in [9.17, 15) is 4.79 Å². The molecular weight excluding hydrogens is 382 g/mol. The molecule has 0 saturated carbocycles. The molecular formula is C24H21NO5.